The zero-order chi connectivity index (χ0) is 13.7. The molecular formula is C14H20N2O3. The van der Waals surface area contributed by atoms with Gasteiger partial charge >= 0.3 is 0 Å². The largest absolute Gasteiger partial charge is 0.477 e. The molecule has 1 saturated heterocycles. The summed E-state index contributed by atoms with van der Waals surface area (Å²) in [6.07, 6.45) is 2.63. The average Bonchev–Trinajstić information content (AvgIpc) is 2.88. The Kier molecular flexibility index (Phi) is 4.74. The predicted molar refractivity (Wildman–Crippen MR) is 71.3 cm³/mol. The van der Waals surface area contributed by atoms with Crippen LogP contribution in [0.25, 0.3) is 0 Å². The highest BCUT2D eigenvalue weighted by Gasteiger charge is 2.28. The van der Waals surface area contributed by atoms with E-state index in [1.165, 1.54) is 0 Å². The van der Waals surface area contributed by atoms with E-state index in [1.807, 2.05) is 11.8 Å². The topological polar surface area (TPSA) is 51.7 Å². The summed E-state index contributed by atoms with van der Waals surface area (Å²) in [5.74, 6) is 0.849. The van der Waals surface area contributed by atoms with Gasteiger partial charge in [0.05, 0.1) is 13.2 Å². The monoisotopic (exact) mass is 264 g/mol. The van der Waals surface area contributed by atoms with Gasteiger partial charge in [0.15, 0.2) is 0 Å². The summed E-state index contributed by atoms with van der Waals surface area (Å²) in [5, 5.41) is 0. The molecule has 0 aliphatic carbocycles. The number of likely N-dealkylation sites (tertiary alicyclic amines) is 1. The van der Waals surface area contributed by atoms with Crippen LogP contribution in [0.15, 0.2) is 18.3 Å². The van der Waals surface area contributed by atoms with Gasteiger partial charge in [0, 0.05) is 32.3 Å². The second-order valence-corrected chi connectivity index (χ2v) is 4.65. The maximum absolute atomic E-state index is 12.5. The molecule has 2 heterocycles. The minimum Gasteiger partial charge on any atom is -0.477 e. The third-order valence-electron chi connectivity index (χ3n) is 3.26. The van der Waals surface area contributed by atoms with E-state index in [1.54, 1.807) is 25.4 Å². The van der Waals surface area contributed by atoms with Crippen molar-refractivity contribution in [3.05, 3.63) is 23.9 Å². The lowest BCUT2D eigenvalue weighted by Crippen LogP contribution is -2.29. The summed E-state index contributed by atoms with van der Waals surface area (Å²) in [4.78, 5) is 18.4. The number of ether oxygens (including phenoxy) is 2. The molecule has 0 saturated carbocycles. The molecule has 19 heavy (non-hydrogen) atoms. The molecule has 1 aromatic rings. The Morgan fingerprint density at radius 1 is 1.58 bits per heavy atom. The van der Waals surface area contributed by atoms with Crippen molar-refractivity contribution in [3.8, 4) is 5.88 Å². The Labute approximate surface area is 113 Å². The van der Waals surface area contributed by atoms with Crippen LogP contribution in [0.4, 0.5) is 0 Å². The first-order chi connectivity index (χ1) is 9.26. The van der Waals surface area contributed by atoms with Gasteiger partial charge in [-0.1, -0.05) is 0 Å². The zero-order valence-corrected chi connectivity index (χ0v) is 11.5. The van der Waals surface area contributed by atoms with Crippen LogP contribution in [-0.4, -0.2) is 49.2 Å². The van der Waals surface area contributed by atoms with E-state index in [0.717, 1.165) is 19.5 Å². The number of pyridine rings is 1. The quantitative estimate of drug-likeness (QED) is 0.810. The lowest BCUT2D eigenvalue weighted by molar-refractivity contribution is 0.0770. The van der Waals surface area contributed by atoms with Gasteiger partial charge in [-0.05, 0) is 25.5 Å². The van der Waals surface area contributed by atoms with Crippen molar-refractivity contribution < 1.29 is 14.3 Å². The van der Waals surface area contributed by atoms with Crippen molar-refractivity contribution in [1.29, 1.82) is 0 Å². The fraction of sp³-hybridized carbons (Fsp3) is 0.571. The molecule has 104 valence electrons. The Hall–Kier alpha value is -1.62. The first-order valence-electron chi connectivity index (χ1n) is 6.62. The molecule has 0 spiro atoms. The Balaban J connectivity index is 2.08. The van der Waals surface area contributed by atoms with Crippen LogP contribution in [-0.2, 0) is 4.74 Å². The number of hydrogen-bond donors (Lipinski definition) is 0. The molecule has 0 radical (unpaired) electrons. The van der Waals surface area contributed by atoms with E-state index in [9.17, 15) is 4.79 Å². The van der Waals surface area contributed by atoms with E-state index in [2.05, 4.69) is 4.98 Å². The molecule has 1 atom stereocenters. The number of nitrogens with zero attached hydrogens (tertiary/aromatic N) is 2. The third kappa shape index (κ3) is 3.23. The van der Waals surface area contributed by atoms with Gasteiger partial charge in [0.1, 0.15) is 5.56 Å². The lowest BCUT2D eigenvalue weighted by Gasteiger charge is -2.17. The lowest BCUT2D eigenvalue weighted by atomic mass is 10.1. The Bertz CT molecular complexity index is 436. The van der Waals surface area contributed by atoms with Crippen molar-refractivity contribution in [2.45, 2.75) is 13.3 Å². The molecular weight excluding hydrogens is 244 g/mol. The predicted octanol–water partition coefficient (Wildman–Crippen LogP) is 1.59. The van der Waals surface area contributed by atoms with Crippen LogP contribution in [0.1, 0.15) is 23.7 Å². The van der Waals surface area contributed by atoms with Crippen molar-refractivity contribution in [1.82, 2.24) is 9.88 Å². The second-order valence-electron chi connectivity index (χ2n) is 4.65. The number of rotatable bonds is 5. The zero-order valence-electron chi connectivity index (χ0n) is 11.5. The molecule has 1 aliphatic heterocycles. The van der Waals surface area contributed by atoms with Gasteiger partial charge in [-0.15, -0.1) is 0 Å². The third-order valence-corrected chi connectivity index (χ3v) is 3.26. The van der Waals surface area contributed by atoms with E-state index in [-0.39, 0.29) is 5.91 Å². The van der Waals surface area contributed by atoms with E-state index >= 15 is 0 Å². The minimum atomic E-state index is -0.00449. The summed E-state index contributed by atoms with van der Waals surface area (Å²) in [7, 11) is 1.69. The molecule has 5 nitrogen and oxygen atoms in total. The fourth-order valence-electron chi connectivity index (χ4n) is 2.36. The van der Waals surface area contributed by atoms with Crippen LogP contribution < -0.4 is 4.74 Å². The molecule has 1 amide bonds. The number of aromatic nitrogens is 1. The molecule has 1 aromatic heterocycles. The Morgan fingerprint density at radius 2 is 2.42 bits per heavy atom. The number of carbonyl (C=O) groups excluding carboxylic acids is 1. The molecule has 2 rings (SSSR count). The first kappa shape index (κ1) is 13.8. The molecule has 1 aliphatic rings. The van der Waals surface area contributed by atoms with E-state index in [4.69, 9.17) is 9.47 Å². The maximum Gasteiger partial charge on any atom is 0.259 e. The molecule has 0 bridgehead atoms. The van der Waals surface area contributed by atoms with Gasteiger partial charge in [-0.2, -0.15) is 0 Å². The summed E-state index contributed by atoms with van der Waals surface area (Å²) < 4.78 is 10.6. The highest BCUT2D eigenvalue weighted by Crippen LogP contribution is 2.22. The van der Waals surface area contributed by atoms with Crippen molar-refractivity contribution in [2.75, 3.05) is 33.4 Å². The molecule has 1 unspecified atom stereocenters. The van der Waals surface area contributed by atoms with Gasteiger partial charge in [0.2, 0.25) is 5.88 Å². The normalized spacial score (nSPS) is 18.6. The number of carbonyl (C=O) groups is 1. The fourth-order valence-corrected chi connectivity index (χ4v) is 2.36. The van der Waals surface area contributed by atoms with Gasteiger partial charge in [-0.3, -0.25) is 4.79 Å². The van der Waals surface area contributed by atoms with Crippen LogP contribution in [0, 0.1) is 5.92 Å². The smallest absolute Gasteiger partial charge is 0.259 e. The van der Waals surface area contributed by atoms with Crippen LogP contribution in [0.3, 0.4) is 0 Å². The Morgan fingerprint density at radius 3 is 3.16 bits per heavy atom. The summed E-state index contributed by atoms with van der Waals surface area (Å²) >= 11 is 0. The van der Waals surface area contributed by atoms with Gasteiger partial charge in [-0.25, -0.2) is 4.98 Å². The second kappa shape index (κ2) is 6.52. The number of amides is 1. The SMILES string of the molecule is CCOc1ncccc1C(=O)N1CCC(COC)C1. The molecule has 0 aromatic carbocycles. The number of hydrogen-bond acceptors (Lipinski definition) is 4. The van der Waals surface area contributed by atoms with Crippen molar-refractivity contribution in [3.63, 3.8) is 0 Å². The molecule has 0 N–H and O–H groups in total. The highest BCUT2D eigenvalue weighted by atomic mass is 16.5. The standard InChI is InChI=1S/C14H20N2O3/c1-3-19-13-12(5-4-7-15-13)14(17)16-8-6-11(9-16)10-18-2/h4-5,7,11H,3,6,8-10H2,1-2H3. The number of methoxy groups -OCH3 is 1. The maximum atomic E-state index is 12.5. The molecule has 1 fully saturated rings. The van der Waals surface area contributed by atoms with Gasteiger partial charge in [0.25, 0.3) is 5.91 Å². The summed E-state index contributed by atoms with van der Waals surface area (Å²) in [5.41, 5.74) is 0.544. The molecule has 5 heteroatoms. The van der Waals surface area contributed by atoms with E-state index < -0.39 is 0 Å². The van der Waals surface area contributed by atoms with Crippen LogP contribution in [0.2, 0.25) is 0 Å². The average molecular weight is 264 g/mol. The minimum absolute atomic E-state index is 0.00449. The van der Waals surface area contributed by atoms with Crippen LogP contribution >= 0.6 is 0 Å². The van der Waals surface area contributed by atoms with Gasteiger partial charge < -0.3 is 14.4 Å². The van der Waals surface area contributed by atoms with Crippen molar-refractivity contribution >= 4 is 5.91 Å². The van der Waals surface area contributed by atoms with Crippen molar-refractivity contribution in [2.24, 2.45) is 5.92 Å². The van der Waals surface area contributed by atoms with E-state index in [0.29, 0.717) is 30.6 Å². The van der Waals surface area contributed by atoms with Crippen LogP contribution in [0.5, 0.6) is 5.88 Å². The first-order valence-corrected chi connectivity index (χ1v) is 6.62. The highest BCUT2D eigenvalue weighted by molar-refractivity contribution is 5.96. The summed E-state index contributed by atoms with van der Waals surface area (Å²) in [6.45, 7) is 4.60. The summed E-state index contributed by atoms with van der Waals surface area (Å²) in [6, 6.07) is 3.53.